The van der Waals surface area contributed by atoms with Crippen LogP contribution in [0.2, 0.25) is 0 Å². The molecule has 1 aromatic carbocycles. The number of nitrogen functional groups attached to an aromatic ring is 1. The first kappa shape index (κ1) is 11.7. The van der Waals surface area contributed by atoms with Crippen LogP contribution in [0.15, 0.2) is 18.2 Å². The Kier molecular flexibility index (Phi) is 4.77. The third kappa shape index (κ3) is 3.67. The number of anilines is 2. The van der Waals surface area contributed by atoms with Crippen LogP contribution in [0.4, 0.5) is 11.4 Å². The molecule has 0 bridgehead atoms. The quantitative estimate of drug-likeness (QED) is 0.430. The highest BCUT2D eigenvalue weighted by Gasteiger charge is 2.00. The molecule has 0 saturated carbocycles. The molecule has 0 heterocycles. The van der Waals surface area contributed by atoms with Crippen LogP contribution in [0.5, 0.6) is 5.75 Å². The summed E-state index contributed by atoms with van der Waals surface area (Å²) in [5, 5.41) is 0. The van der Waals surface area contributed by atoms with Crippen LogP contribution in [-0.2, 0) is 4.84 Å². The van der Waals surface area contributed by atoms with Crippen LogP contribution in [0.3, 0.4) is 0 Å². The first-order valence-electron chi connectivity index (χ1n) is 5.09. The molecule has 3 N–H and O–H groups in total. The van der Waals surface area contributed by atoms with E-state index in [2.05, 4.69) is 12.4 Å². The van der Waals surface area contributed by atoms with E-state index in [1.165, 1.54) is 0 Å². The van der Waals surface area contributed by atoms with Gasteiger partial charge in [-0.15, -0.1) is 0 Å². The minimum absolute atomic E-state index is 0.622. The van der Waals surface area contributed by atoms with Crippen LogP contribution < -0.4 is 16.0 Å². The fourth-order valence-electron chi connectivity index (χ4n) is 1.13. The SMILES string of the molecule is CCCCONc1ccc(N)c(OC)c1. The van der Waals surface area contributed by atoms with Crippen LogP contribution in [0.1, 0.15) is 19.8 Å². The van der Waals surface area contributed by atoms with Crippen LogP contribution in [-0.4, -0.2) is 13.7 Å². The third-order valence-electron chi connectivity index (χ3n) is 2.02. The molecular weight excluding hydrogens is 192 g/mol. The topological polar surface area (TPSA) is 56.5 Å². The number of rotatable bonds is 6. The van der Waals surface area contributed by atoms with Crippen molar-refractivity contribution in [3.63, 3.8) is 0 Å². The Hall–Kier alpha value is -1.42. The molecule has 0 fully saturated rings. The third-order valence-corrected chi connectivity index (χ3v) is 2.02. The zero-order chi connectivity index (χ0) is 11.1. The number of benzene rings is 1. The summed E-state index contributed by atoms with van der Waals surface area (Å²) in [6, 6.07) is 5.44. The van der Waals surface area contributed by atoms with Gasteiger partial charge in [0.1, 0.15) is 5.75 Å². The predicted molar refractivity (Wildman–Crippen MR) is 61.9 cm³/mol. The molecule has 0 amide bonds. The number of hydrogen-bond donors (Lipinski definition) is 2. The highest BCUT2D eigenvalue weighted by molar-refractivity contribution is 5.60. The van der Waals surface area contributed by atoms with Crippen LogP contribution in [0, 0.1) is 0 Å². The van der Waals surface area contributed by atoms with Crippen LogP contribution >= 0.6 is 0 Å². The summed E-state index contributed by atoms with van der Waals surface area (Å²) in [6.07, 6.45) is 2.16. The lowest BCUT2D eigenvalue weighted by molar-refractivity contribution is 0.189. The lowest BCUT2D eigenvalue weighted by atomic mass is 10.2. The largest absolute Gasteiger partial charge is 0.495 e. The lowest BCUT2D eigenvalue weighted by Gasteiger charge is -2.09. The standard InChI is InChI=1S/C11H18N2O2/c1-3-4-7-15-13-9-5-6-10(12)11(8-9)14-2/h5-6,8,13H,3-4,7,12H2,1-2H3. The fourth-order valence-corrected chi connectivity index (χ4v) is 1.13. The molecule has 0 radical (unpaired) electrons. The van der Waals surface area contributed by atoms with Crippen molar-refractivity contribution < 1.29 is 9.57 Å². The number of methoxy groups -OCH3 is 1. The van der Waals surface area contributed by atoms with E-state index >= 15 is 0 Å². The van der Waals surface area contributed by atoms with Crippen molar-refractivity contribution in [2.24, 2.45) is 0 Å². The van der Waals surface area contributed by atoms with Gasteiger partial charge >= 0.3 is 0 Å². The van der Waals surface area contributed by atoms with Gasteiger partial charge in [0.25, 0.3) is 0 Å². The molecule has 0 aliphatic carbocycles. The van der Waals surface area contributed by atoms with Crippen molar-refractivity contribution in [3.8, 4) is 5.75 Å². The number of nitrogens with one attached hydrogen (secondary N) is 1. The van der Waals surface area contributed by atoms with E-state index in [1.807, 2.05) is 6.07 Å². The monoisotopic (exact) mass is 210 g/mol. The van der Waals surface area contributed by atoms with E-state index < -0.39 is 0 Å². The molecule has 0 aliphatic heterocycles. The Labute approximate surface area is 90.3 Å². The van der Waals surface area contributed by atoms with E-state index in [-0.39, 0.29) is 0 Å². The van der Waals surface area contributed by atoms with Gasteiger partial charge in [-0.1, -0.05) is 13.3 Å². The summed E-state index contributed by atoms with van der Waals surface area (Å²) in [6.45, 7) is 2.82. The van der Waals surface area contributed by atoms with Gasteiger partial charge in [-0.3, -0.25) is 10.3 Å². The second-order valence-corrected chi connectivity index (χ2v) is 3.26. The summed E-state index contributed by atoms with van der Waals surface area (Å²) in [4.78, 5) is 5.25. The molecule has 1 rings (SSSR count). The van der Waals surface area contributed by atoms with Crippen molar-refractivity contribution in [1.29, 1.82) is 0 Å². The molecule has 15 heavy (non-hydrogen) atoms. The molecule has 4 heteroatoms. The molecule has 0 saturated heterocycles. The summed E-state index contributed by atoms with van der Waals surface area (Å²) >= 11 is 0. The zero-order valence-electron chi connectivity index (χ0n) is 9.25. The van der Waals surface area contributed by atoms with E-state index in [9.17, 15) is 0 Å². The number of unbranched alkanes of at least 4 members (excludes halogenated alkanes) is 1. The Morgan fingerprint density at radius 1 is 1.40 bits per heavy atom. The molecule has 1 aromatic rings. The van der Waals surface area contributed by atoms with Crippen molar-refractivity contribution >= 4 is 11.4 Å². The molecule has 84 valence electrons. The Balaban J connectivity index is 2.47. The Morgan fingerprint density at radius 2 is 2.20 bits per heavy atom. The smallest absolute Gasteiger partial charge is 0.143 e. The highest BCUT2D eigenvalue weighted by atomic mass is 16.6. The van der Waals surface area contributed by atoms with E-state index in [4.69, 9.17) is 15.3 Å². The molecular formula is C11H18N2O2. The van der Waals surface area contributed by atoms with E-state index in [0.29, 0.717) is 18.0 Å². The summed E-state index contributed by atoms with van der Waals surface area (Å²) in [7, 11) is 1.59. The van der Waals surface area contributed by atoms with Gasteiger partial charge in [0.15, 0.2) is 0 Å². The van der Waals surface area contributed by atoms with E-state index in [0.717, 1.165) is 18.5 Å². The van der Waals surface area contributed by atoms with Gasteiger partial charge in [-0.05, 0) is 18.6 Å². The van der Waals surface area contributed by atoms with Gasteiger partial charge in [-0.25, -0.2) is 0 Å². The molecule has 0 aliphatic rings. The minimum Gasteiger partial charge on any atom is -0.495 e. The van der Waals surface area contributed by atoms with Crippen molar-refractivity contribution in [1.82, 2.24) is 0 Å². The molecule has 4 nitrogen and oxygen atoms in total. The van der Waals surface area contributed by atoms with Gasteiger partial charge < -0.3 is 10.5 Å². The number of nitrogens with two attached hydrogens (primary N) is 1. The van der Waals surface area contributed by atoms with Gasteiger partial charge in [-0.2, -0.15) is 0 Å². The van der Waals surface area contributed by atoms with Gasteiger partial charge in [0.05, 0.1) is 25.1 Å². The first-order valence-corrected chi connectivity index (χ1v) is 5.09. The molecule has 0 spiro atoms. The highest BCUT2D eigenvalue weighted by Crippen LogP contribution is 2.24. The molecule has 0 aromatic heterocycles. The first-order chi connectivity index (χ1) is 7.27. The maximum atomic E-state index is 5.68. The average molecular weight is 210 g/mol. The Bertz CT molecular complexity index is 303. The number of ether oxygens (including phenoxy) is 1. The summed E-state index contributed by atoms with van der Waals surface area (Å²) in [5.74, 6) is 0.652. The predicted octanol–water partition coefficient (Wildman–Crippen LogP) is 2.42. The maximum absolute atomic E-state index is 5.68. The van der Waals surface area contributed by atoms with Crippen molar-refractivity contribution in [3.05, 3.63) is 18.2 Å². The summed E-state index contributed by atoms with van der Waals surface area (Å²) in [5.41, 5.74) is 10.00. The zero-order valence-corrected chi connectivity index (χ0v) is 9.25. The van der Waals surface area contributed by atoms with E-state index in [1.54, 1.807) is 19.2 Å². The molecule has 0 unspecified atom stereocenters. The van der Waals surface area contributed by atoms with Crippen molar-refractivity contribution in [2.45, 2.75) is 19.8 Å². The maximum Gasteiger partial charge on any atom is 0.143 e. The normalized spacial score (nSPS) is 10.0. The second-order valence-electron chi connectivity index (χ2n) is 3.26. The number of hydrogen-bond acceptors (Lipinski definition) is 4. The molecule has 0 atom stereocenters. The van der Waals surface area contributed by atoms with Gasteiger partial charge in [0.2, 0.25) is 0 Å². The fraction of sp³-hybridized carbons (Fsp3) is 0.455. The lowest BCUT2D eigenvalue weighted by Crippen LogP contribution is -2.03. The van der Waals surface area contributed by atoms with Gasteiger partial charge in [0, 0.05) is 6.07 Å². The van der Waals surface area contributed by atoms with Crippen molar-refractivity contribution in [2.75, 3.05) is 24.9 Å². The minimum atomic E-state index is 0.622. The summed E-state index contributed by atoms with van der Waals surface area (Å²) < 4.78 is 5.09. The van der Waals surface area contributed by atoms with Crippen LogP contribution in [0.25, 0.3) is 0 Å². The average Bonchev–Trinajstić information content (AvgIpc) is 2.26. The Morgan fingerprint density at radius 3 is 2.87 bits per heavy atom. The second kappa shape index (κ2) is 6.14.